The molecule has 2 fully saturated rings. The van der Waals surface area contributed by atoms with E-state index in [1.54, 1.807) is 44.7 Å². The van der Waals surface area contributed by atoms with Crippen LogP contribution >= 0.6 is 12.4 Å². The predicted molar refractivity (Wildman–Crippen MR) is 322 cm³/mol. The molecule has 8 aromatic rings. The van der Waals surface area contributed by atoms with Crippen molar-refractivity contribution in [3.63, 3.8) is 0 Å². The van der Waals surface area contributed by atoms with Crippen molar-refractivity contribution in [2.24, 2.45) is 19.8 Å². The van der Waals surface area contributed by atoms with E-state index in [2.05, 4.69) is 93.8 Å². The second kappa shape index (κ2) is 26.8. The van der Waals surface area contributed by atoms with Crippen molar-refractivity contribution < 1.29 is 24.2 Å². The number of aromatic nitrogens is 8. The molecule has 0 aromatic carbocycles. The van der Waals surface area contributed by atoms with E-state index in [1.165, 1.54) is 23.6 Å². The number of ether oxygens (including phenoxy) is 2. The number of aryl methyl sites for hydroxylation is 2. The largest absolute Gasteiger partial charge is 0.481 e. The number of rotatable bonds is 15. The monoisotopic (exact) mass is 1150 g/mol. The lowest BCUT2D eigenvalue weighted by Crippen LogP contribution is -2.47. The number of halogens is 1. The van der Waals surface area contributed by atoms with Gasteiger partial charge in [0.25, 0.3) is 17.0 Å². The summed E-state index contributed by atoms with van der Waals surface area (Å²) in [5, 5.41) is 18.1. The minimum absolute atomic E-state index is 0. The number of hydrogen-bond acceptors (Lipinski definition) is 15. The third-order valence-electron chi connectivity index (χ3n) is 16.0. The Kier molecular flexibility index (Phi) is 20.1. The van der Waals surface area contributed by atoms with Gasteiger partial charge < -0.3 is 55.7 Å². The number of carbonyl (C=O) groups excluding carboxylic acids is 1. The van der Waals surface area contributed by atoms with E-state index in [0.717, 1.165) is 121 Å². The van der Waals surface area contributed by atoms with Crippen LogP contribution in [0.5, 0.6) is 11.8 Å². The van der Waals surface area contributed by atoms with E-state index in [0.29, 0.717) is 45.6 Å². The molecule has 0 aliphatic carbocycles. The minimum atomic E-state index is -0.901. The van der Waals surface area contributed by atoms with Crippen LogP contribution < -0.4 is 43.1 Å². The van der Waals surface area contributed by atoms with Gasteiger partial charge in [-0.25, -0.2) is 14.8 Å². The maximum Gasteiger partial charge on any atom is 0.336 e. The van der Waals surface area contributed by atoms with Gasteiger partial charge in [0.15, 0.2) is 0 Å². The van der Waals surface area contributed by atoms with E-state index in [4.69, 9.17) is 26.7 Å². The molecule has 24 heteroatoms. The van der Waals surface area contributed by atoms with Gasteiger partial charge in [-0.1, -0.05) is 13.8 Å². The van der Waals surface area contributed by atoms with Gasteiger partial charge in [-0.2, -0.15) is 0 Å². The van der Waals surface area contributed by atoms with Gasteiger partial charge in [-0.3, -0.25) is 43.7 Å². The number of pyridine rings is 4. The highest BCUT2D eigenvalue weighted by Crippen LogP contribution is 2.36. The molecule has 2 saturated heterocycles. The number of hydrogen-bond donors (Lipinski definition) is 7. The molecule has 0 spiro atoms. The van der Waals surface area contributed by atoms with Crippen molar-refractivity contribution in [3.8, 4) is 34.0 Å². The molecule has 10 heterocycles. The number of H-pyrrole nitrogens is 2. The Hall–Kier alpha value is -7.93. The van der Waals surface area contributed by atoms with Crippen LogP contribution in [0.1, 0.15) is 94.1 Å². The third-order valence-corrected chi connectivity index (χ3v) is 16.0. The first-order valence-electron chi connectivity index (χ1n) is 27.3. The Labute approximate surface area is 483 Å². The fourth-order valence-corrected chi connectivity index (χ4v) is 11.4. The maximum absolute atomic E-state index is 13.7. The molecule has 2 unspecified atom stereocenters. The van der Waals surface area contributed by atoms with Crippen LogP contribution in [0.2, 0.25) is 0 Å². The molecular weight excluding hydrogens is 1070 g/mol. The zero-order valence-corrected chi connectivity index (χ0v) is 49.4. The molecule has 440 valence electrons. The van der Waals surface area contributed by atoms with Crippen molar-refractivity contribution in [1.82, 2.24) is 63.2 Å². The highest BCUT2D eigenvalue weighted by Gasteiger charge is 2.30. The van der Waals surface area contributed by atoms with Gasteiger partial charge >= 0.3 is 5.97 Å². The van der Waals surface area contributed by atoms with Gasteiger partial charge in [0.1, 0.15) is 11.6 Å². The Morgan fingerprint density at radius 1 is 0.671 bits per heavy atom. The lowest BCUT2D eigenvalue weighted by Gasteiger charge is -2.38. The van der Waals surface area contributed by atoms with Crippen LogP contribution in [-0.2, 0) is 27.2 Å². The number of anilines is 2. The summed E-state index contributed by atoms with van der Waals surface area (Å²) >= 11 is 0. The van der Waals surface area contributed by atoms with Crippen LogP contribution in [0.4, 0.5) is 11.6 Å². The smallest absolute Gasteiger partial charge is 0.336 e. The van der Waals surface area contributed by atoms with E-state index in [1.807, 2.05) is 44.3 Å². The molecule has 1 amide bonds. The number of nitrogens with one attached hydrogen (secondary N) is 3. The van der Waals surface area contributed by atoms with Crippen LogP contribution in [0.15, 0.2) is 82.9 Å². The lowest BCUT2D eigenvalue weighted by molar-refractivity contribution is 0.0694. The Morgan fingerprint density at radius 3 is 1.46 bits per heavy atom. The summed E-state index contributed by atoms with van der Waals surface area (Å²) in [6.07, 6.45) is 7.59. The number of methoxy groups -OCH3 is 2. The lowest BCUT2D eigenvalue weighted by atomic mass is 9.99. The van der Waals surface area contributed by atoms with Crippen LogP contribution in [0.25, 0.3) is 33.3 Å². The number of likely N-dealkylation sites (N-methyl/N-ethyl adjacent to an activating group) is 2. The molecular formula is C58H79ClN16O7. The van der Waals surface area contributed by atoms with E-state index in [9.17, 15) is 24.3 Å². The van der Waals surface area contributed by atoms with Crippen molar-refractivity contribution in [3.05, 3.63) is 139 Å². The molecule has 2 aliphatic heterocycles. The molecule has 0 saturated carbocycles. The van der Waals surface area contributed by atoms with Crippen molar-refractivity contribution in [1.29, 1.82) is 0 Å². The summed E-state index contributed by atoms with van der Waals surface area (Å²) in [5.41, 5.74) is 27.6. The molecule has 10 rings (SSSR count). The van der Waals surface area contributed by atoms with Crippen LogP contribution in [-0.4, -0.2) is 155 Å². The zero-order valence-electron chi connectivity index (χ0n) is 48.6. The van der Waals surface area contributed by atoms with Gasteiger partial charge in [-0.05, 0) is 100 Å². The molecule has 82 heavy (non-hydrogen) atoms. The summed E-state index contributed by atoms with van der Waals surface area (Å²) in [6, 6.07) is 15.4. The van der Waals surface area contributed by atoms with Crippen LogP contribution in [0, 0.1) is 13.8 Å². The Morgan fingerprint density at radius 2 is 1.09 bits per heavy atom. The molecule has 2 atom stereocenters. The maximum atomic E-state index is 13.7. The average molecular weight is 1150 g/mol. The molecule has 0 bridgehead atoms. The Bertz CT molecular complexity index is 3620. The fraction of sp³-hybridized carbons (Fsp3) is 0.414. The number of aromatic carboxylic acids is 1. The second-order valence-corrected chi connectivity index (χ2v) is 20.5. The number of carboxylic acid groups (broad SMARTS) is 1. The third kappa shape index (κ3) is 12.7. The first-order chi connectivity index (χ1) is 38.8. The first kappa shape index (κ1) is 61.7. The van der Waals surface area contributed by atoms with E-state index >= 15 is 0 Å². The highest BCUT2D eigenvalue weighted by atomic mass is 35.5. The van der Waals surface area contributed by atoms with Gasteiger partial charge in [0.2, 0.25) is 11.8 Å². The number of piperazine rings is 2. The minimum Gasteiger partial charge on any atom is -0.481 e. The summed E-state index contributed by atoms with van der Waals surface area (Å²) in [6.45, 7) is 23.0. The SMILES string of the molecule is CCN1CCN(C(C)c2c(C)c(C(=O)NCc3c(OC)n(C)[nH]c3=O)cc3c(-c4ccc(N)nc4)ccn23)CC1.CCN1CCN(C(C)c2c(C)c(C(=O)O)cc3c(-c4ccc(N)nc4)ccn23)CC1.COc1c(CN)c(=O)[nH]n1C.Cl. The second-order valence-electron chi connectivity index (χ2n) is 20.5. The summed E-state index contributed by atoms with van der Waals surface area (Å²) in [5.74, 6) is 0.652. The first-order valence-corrected chi connectivity index (χ1v) is 27.3. The number of nitrogen functional groups attached to an aromatic ring is 2. The molecule has 8 aromatic heterocycles. The van der Waals surface area contributed by atoms with Crippen molar-refractivity contribution >= 4 is 47.0 Å². The van der Waals surface area contributed by atoms with Crippen LogP contribution in [0.3, 0.4) is 0 Å². The number of carbonyl (C=O) groups is 2. The summed E-state index contributed by atoms with van der Waals surface area (Å²) in [7, 11) is 6.39. The fourth-order valence-electron chi connectivity index (χ4n) is 11.4. The number of amides is 1. The quantitative estimate of drug-likeness (QED) is 0.0672. The molecule has 23 nitrogen and oxygen atoms in total. The zero-order chi connectivity index (χ0) is 58.4. The topological polar surface area (TPSA) is 286 Å². The van der Waals surface area contributed by atoms with E-state index in [-0.39, 0.29) is 54.6 Å². The number of nitrogens with zero attached hydrogens (tertiary/aromatic N) is 10. The molecule has 0 radical (unpaired) electrons. The highest BCUT2D eigenvalue weighted by molar-refractivity contribution is 5.99. The number of aromatic amines is 2. The standard InChI is InChI=1S/C29H38N8O3.C23H29N5O2.C6H11N3O2.ClH/c1-6-35-11-13-36(14-12-35)19(3)26-18(2)22(27(38)32-17-23-28(39)33-34(4)29(23)40-5)15-24-21(9-10-37(24)26)20-7-8-25(30)31-16-20;1-4-26-9-11-27(12-10-26)16(3)22-15(2)19(23(29)30)13-20-18(7-8-28(20)22)17-5-6-21(24)25-14-17;1-9-6(11-2)4(3-7)5(10)8-9;/h7-10,15-16,19H,6,11-14,17H2,1-5H3,(H2,30,31)(H,32,38)(H,33,39);5-8,13-14,16H,4,9-12H2,1-3H3,(H2,24,25)(H,29,30);3,7H2,1-2H3,(H,8,10);1H. The van der Waals surface area contributed by atoms with E-state index < -0.39 is 5.97 Å². The predicted octanol–water partition coefficient (Wildman–Crippen LogP) is 5.45. The van der Waals surface area contributed by atoms with Gasteiger partial charge in [-0.15, -0.1) is 12.4 Å². The normalized spacial score (nSPS) is 15.0. The molecule has 10 N–H and O–H groups in total. The Balaban J connectivity index is 0.000000202. The summed E-state index contributed by atoms with van der Waals surface area (Å²) in [4.78, 5) is 67.5. The number of nitrogens with two attached hydrogens (primary N) is 3. The molecule has 2 aliphatic rings. The van der Waals surface area contributed by atoms with Crippen molar-refractivity contribution in [2.45, 2.75) is 66.7 Å². The van der Waals surface area contributed by atoms with Crippen molar-refractivity contribution in [2.75, 3.05) is 91.1 Å². The number of carboxylic acids is 1. The summed E-state index contributed by atoms with van der Waals surface area (Å²) < 4.78 is 17.7. The average Bonchev–Trinajstić information content (AvgIpc) is 2.91. The van der Waals surface area contributed by atoms with Gasteiger partial charge in [0, 0.05) is 149 Å². The number of fused-ring (bicyclic) bond motifs is 2. The van der Waals surface area contributed by atoms with Gasteiger partial charge in [0.05, 0.1) is 48.5 Å².